The lowest BCUT2D eigenvalue weighted by molar-refractivity contribution is -0.136. The summed E-state index contributed by atoms with van der Waals surface area (Å²) in [5.41, 5.74) is 3.44. The summed E-state index contributed by atoms with van der Waals surface area (Å²) in [6.45, 7) is 6.71. The number of aryl methyl sites for hydroxylation is 2. The number of nitrogens with zero attached hydrogens (tertiary/aromatic N) is 2. The quantitative estimate of drug-likeness (QED) is 0.835. The van der Waals surface area contributed by atoms with Gasteiger partial charge >= 0.3 is 0 Å². The van der Waals surface area contributed by atoms with Crippen LogP contribution in [0, 0.1) is 13.8 Å². The number of H-pyrrole nitrogens is 1. The highest BCUT2D eigenvalue weighted by atomic mass is 16.5. The minimum atomic E-state index is 0.0903. The van der Waals surface area contributed by atoms with Crippen molar-refractivity contribution in [2.24, 2.45) is 0 Å². The number of piperidine rings is 1. The molecule has 0 aliphatic carbocycles. The summed E-state index contributed by atoms with van der Waals surface area (Å²) in [6, 6.07) is 0.468. The van der Waals surface area contributed by atoms with E-state index in [-0.39, 0.29) is 12.5 Å². The number of aromatic nitrogens is 2. The summed E-state index contributed by atoms with van der Waals surface area (Å²) in [6.07, 6.45) is 1.98. The Bertz CT molecular complexity index is 431. The number of rotatable bonds is 5. The van der Waals surface area contributed by atoms with E-state index in [2.05, 4.69) is 15.5 Å². The molecule has 2 rings (SSSR count). The van der Waals surface area contributed by atoms with Crippen LogP contribution in [0.1, 0.15) is 29.8 Å². The van der Waals surface area contributed by atoms with Gasteiger partial charge in [-0.2, -0.15) is 5.10 Å². The molecule has 112 valence electrons. The van der Waals surface area contributed by atoms with Crippen LogP contribution in [0.4, 0.5) is 0 Å². The lowest BCUT2D eigenvalue weighted by Gasteiger charge is -2.32. The zero-order chi connectivity index (χ0) is 14.5. The van der Waals surface area contributed by atoms with Crippen molar-refractivity contribution >= 4 is 5.91 Å². The number of nitrogens with one attached hydrogen (secondary N) is 2. The van der Waals surface area contributed by atoms with Crippen molar-refractivity contribution in [3.63, 3.8) is 0 Å². The van der Waals surface area contributed by atoms with Gasteiger partial charge < -0.3 is 15.0 Å². The van der Waals surface area contributed by atoms with E-state index in [0.29, 0.717) is 6.04 Å². The Hall–Kier alpha value is -1.40. The van der Waals surface area contributed by atoms with Gasteiger partial charge in [-0.15, -0.1) is 0 Å². The second-order valence-electron chi connectivity index (χ2n) is 5.38. The SMILES string of the molecule is COCC(=O)N1CCC(NCc2c(C)n[nH]c2C)CC1. The molecule has 1 aromatic heterocycles. The third-order valence-electron chi connectivity index (χ3n) is 3.96. The second-order valence-corrected chi connectivity index (χ2v) is 5.38. The van der Waals surface area contributed by atoms with Crippen molar-refractivity contribution in [3.05, 3.63) is 17.0 Å². The number of ether oxygens (including phenoxy) is 1. The largest absolute Gasteiger partial charge is 0.375 e. The van der Waals surface area contributed by atoms with Crippen molar-refractivity contribution < 1.29 is 9.53 Å². The van der Waals surface area contributed by atoms with E-state index in [1.54, 1.807) is 7.11 Å². The van der Waals surface area contributed by atoms with E-state index in [9.17, 15) is 4.79 Å². The molecule has 1 aliphatic heterocycles. The highest BCUT2D eigenvalue weighted by Crippen LogP contribution is 2.13. The van der Waals surface area contributed by atoms with Gasteiger partial charge in [0.05, 0.1) is 5.69 Å². The van der Waals surface area contributed by atoms with Crippen molar-refractivity contribution in [1.82, 2.24) is 20.4 Å². The highest BCUT2D eigenvalue weighted by molar-refractivity contribution is 5.77. The number of carbonyl (C=O) groups excluding carboxylic acids is 1. The van der Waals surface area contributed by atoms with E-state index in [0.717, 1.165) is 43.9 Å². The number of aromatic amines is 1. The summed E-state index contributed by atoms with van der Waals surface area (Å²) >= 11 is 0. The molecule has 6 heteroatoms. The lowest BCUT2D eigenvalue weighted by Crippen LogP contribution is -2.45. The third-order valence-corrected chi connectivity index (χ3v) is 3.96. The molecule has 0 unspecified atom stereocenters. The maximum atomic E-state index is 11.7. The van der Waals surface area contributed by atoms with Gasteiger partial charge in [-0.25, -0.2) is 0 Å². The molecule has 2 N–H and O–H groups in total. The first-order chi connectivity index (χ1) is 9.61. The molecule has 2 heterocycles. The minimum Gasteiger partial charge on any atom is -0.375 e. The molecular formula is C14H24N4O2. The first-order valence-electron chi connectivity index (χ1n) is 7.12. The summed E-state index contributed by atoms with van der Waals surface area (Å²) < 4.78 is 4.89. The first-order valence-corrected chi connectivity index (χ1v) is 7.12. The summed E-state index contributed by atoms with van der Waals surface area (Å²) in [7, 11) is 1.56. The van der Waals surface area contributed by atoms with Gasteiger partial charge in [-0.05, 0) is 26.7 Å². The van der Waals surface area contributed by atoms with Crippen molar-refractivity contribution in [1.29, 1.82) is 0 Å². The molecule has 1 aliphatic rings. The number of amides is 1. The van der Waals surface area contributed by atoms with Crippen LogP contribution in [0.5, 0.6) is 0 Å². The molecule has 1 saturated heterocycles. The fraction of sp³-hybridized carbons (Fsp3) is 0.714. The van der Waals surface area contributed by atoms with Crippen molar-refractivity contribution in [2.45, 2.75) is 39.3 Å². The zero-order valence-corrected chi connectivity index (χ0v) is 12.5. The van der Waals surface area contributed by atoms with E-state index in [4.69, 9.17) is 4.74 Å². The Morgan fingerprint density at radius 1 is 1.45 bits per heavy atom. The molecule has 1 aromatic rings. The highest BCUT2D eigenvalue weighted by Gasteiger charge is 2.22. The molecule has 1 amide bonds. The topological polar surface area (TPSA) is 70.2 Å². The Kier molecular flexibility index (Phi) is 5.14. The fourth-order valence-corrected chi connectivity index (χ4v) is 2.63. The maximum absolute atomic E-state index is 11.7. The van der Waals surface area contributed by atoms with Gasteiger partial charge in [0.15, 0.2) is 0 Å². The van der Waals surface area contributed by atoms with Crippen molar-refractivity contribution in [2.75, 3.05) is 26.8 Å². The van der Waals surface area contributed by atoms with Crippen LogP contribution < -0.4 is 5.32 Å². The molecular weight excluding hydrogens is 256 g/mol. The van der Waals surface area contributed by atoms with Gasteiger partial charge in [0, 0.05) is 44.0 Å². The van der Waals surface area contributed by atoms with Gasteiger partial charge in [-0.1, -0.05) is 0 Å². The molecule has 1 fully saturated rings. The van der Waals surface area contributed by atoms with Crippen LogP contribution in [0.2, 0.25) is 0 Å². The molecule has 0 radical (unpaired) electrons. The third kappa shape index (κ3) is 3.58. The van der Waals surface area contributed by atoms with Crippen LogP contribution in [0.3, 0.4) is 0 Å². The van der Waals surface area contributed by atoms with Crippen LogP contribution in [-0.4, -0.2) is 53.9 Å². The molecule has 20 heavy (non-hydrogen) atoms. The number of carbonyl (C=O) groups is 1. The van der Waals surface area contributed by atoms with E-state index >= 15 is 0 Å². The van der Waals surface area contributed by atoms with E-state index in [1.165, 1.54) is 5.56 Å². The van der Waals surface area contributed by atoms with Gasteiger partial charge in [0.25, 0.3) is 0 Å². The zero-order valence-electron chi connectivity index (χ0n) is 12.5. The second kappa shape index (κ2) is 6.85. The predicted molar refractivity (Wildman–Crippen MR) is 76.4 cm³/mol. The average molecular weight is 280 g/mol. The van der Waals surface area contributed by atoms with Crippen LogP contribution in [0.25, 0.3) is 0 Å². The predicted octanol–water partition coefficient (Wildman–Crippen LogP) is 0.754. The molecule has 0 atom stereocenters. The van der Waals surface area contributed by atoms with Gasteiger partial charge in [0.2, 0.25) is 5.91 Å². The standard InChI is InChI=1S/C14H24N4O2/c1-10-13(11(2)17-16-10)8-15-12-4-6-18(7-5-12)14(19)9-20-3/h12,15H,4-9H2,1-3H3,(H,16,17). The Labute approximate surface area is 119 Å². The van der Waals surface area contributed by atoms with Crippen molar-refractivity contribution in [3.8, 4) is 0 Å². The van der Waals surface area contributed by atoms with Crippen LogP contribution >= 0.6 is 0 Å². The average Bonchev–Trinajstić information content (AvgIpc) is 2.77. The lowest BCUT2D eigenvalue weighted by atomic mass is 10.0. The van der Waals surface area contributed by atoms with E-state index < -0.39 is 0 Å². The number of hydrogen-bond acceptors (Lipinski definition) is 4. The maximum Gasteiger partial charge on any atom is 0.248 e. The van der Waals surface area contributed by atoms with Crippen LogP contribution in [0.15, 0.2) is 0 Å². The summed E-state index contributed by atoms with van der Waals surface area (Å²) in [5.74, 6) is 0.0903. The number of hydrogen-bond donors (Lipinski definition) is 2. The first kappa shape index (κ1) is 15.0. The molecule has 0 saturated carbocycles. The molecule has 0 aromatic carbocycles. The normalized spacial score (nSPS) is 16.6. The van der Waals surface area contributed by atoms with Gasteiger partial charge in [0.1, 0.15) is 6.61 Å². The Balaban J connectivity index is 1.76. The summed E-state index contributed by atoms with van der Waals surface area (Å²) in [5, 5.41) is 10.8. The smallest absolute Gasteiger partial charge is 0.248 e. The van der Waals surface area contributed by atoms with Gasteiger partial charge in [-0.3, -0.25) is 9.89 Å². The summed E-state index contributed by atoms with van der Waals surface area (Å²) in [4.78, 5) is 13.6. The number of likely N-dealkylation sites (tertiary alicyclic amines) is 1. The minimum absolute atomic E-state index is 0.0903. The van der Waals surface area contributed by atoms with E-state index in [1.807, 2.05) is 18.7 Å². The fourth-order valence-electron chi connectivity index (χ4n) is 2.63. The Morgan fingerprint density at radius 3 is 2.70 bits per heavy atom. The molecule has 0 bridgehead atoms. The molecule has 0 spiro atoms. The number of methoxy groups -OCH3 is 1. The molecule has 6 nitrogen and oxygen atoms in total. The van der Waals surface area contributed by atoms with Crippen LogP contribution in [-0.2, 0) is 16.1 Å². The Morgan fingerprint density at radius 2 is 2.15 bits per heavy atom. The monoisotopic (exact) mass is 280 g/mol.